The fourth-order valence-corrected chi connectivity index (χ4v) is 6.94. The smallest absolute Gasteiger partial charge is 0.227 e. The molecule has 0 aliphatic heterocycles. The van der Waals surface area contributed by atoms with Gasteiger partial charge >= 0.3 is 0 Å². The molecule has 3 aromatic heterocycles. The van der Waals surface area contributed by atoms with Crippen LogP contribution in [0.15, 0.2) is 138 Å². The maximum Gasteiger partial charge on any atom is 0.227 e. The molecule has 6 heteroatoms. The summed E-state index contributed by atoms with van der Waals surface area (Å²) < 4.78 is 8.88. The summed E-state index contributed by atoms with van der Waals surface area (Å²) >= 11 is 1.78. The molecular weight excluding hydrogens is 561 g/mol. The third kappa shape index (κ3) is 4.07. The van der Waals surface area contributed by atoms with Gasteiger partial charge in [0.05, 0.1) is 0 Å². The van der Waals surface area contributed by atoms with Gasteiger partial charge in [0.1, 0.15) is 5.52 Å². The molecule has 0 radical (unpaired) electrons. The zero-order valence-electron chi connectivity index (χ0n) is 23.3. The van der Waals surface area contributed by atoms with E-state index in [0.717, 1.165) is 54.9 Å². The lowest BCUT2D eigenvalue weighted by molar-refractivity contribution is 0.623. The third-order valence-corrected chi connectivity index (χ3v) is 9.08. The maximum absolute atomic E-state index is 6.50. The van der Waals surface area contributed by atoms with E-state index in [9.17, 15) is 0 Å². The van der Waals surface area contributed by atoms with Crippen molar-refractivity contribution >= 4 is 53.4 Å². The van der Waals surface area contributed by atoms with Crippen molar-refractivity contribution in [3.05, 3.63) is 133 Å². The summed E-state index contributed by atoms with van der Waals surface area (Å²) in [6, 6.07) is 45.2. The Hall–Kier alpha value is -5.72. The largest absolute Gasteiger partial charge is 0.435 e. The van der Waals surface area contributed by atoms with Crippen molar-refractivity contribution in [2.45, 2.75) is 0 Å². The third-order valence-electron chi connectivity index (χ3n) is 7.95. The molecule has 0 spiro atoms. The van der Waals surface area contributed by atoms with E-state index < -0.39 is 0 Å². The van der Waals surface area contributed by atoms with E-state index in [0.29, 0.717) is 23.4 Å². The van der Waals surface area contributed by atoms with Crippen molar-refractivity contribution in [3.63, 3.8) is 0 Å². The van der Waals surface area contributed by atoms with Crippen LogP contribution in [-0.4, -0.2) is 19.9 Å². The number of nitrogens with zero attached hydrogens (tertiary/aromatic N) is 4. The Morgan fingerprint density at radius 1 is 0.455 bits per heavy atom. The number of fused-ring (bicyclic) bond motifs is 7. The summed E-state index contributed by atoms with van der Waals surface area (Å²) in [6.45, 7) is 0. The molecule has 206 valence electrons. The molecule has 44 heavy (non-hydrogen) atoms. The van der Waals surface area contributed by atoms with E-state index in [1.807, 2.05) is 97.1 Å². The molecule has 0 amide bonds. The standard InChI is InChI=1S/C38H22N4OS/c1-4-10-24(11-5-1)35-40-36(25-12-6-2-7-13-25)42-37(41-35)27-18-20-30-28(22-27)33-31(44-30)21-17-23-16-19-29-34(32(23)33)43-38(39-29)26-14-8-3-9-15-26/h1-22H. The molecule has 9 aromatic rings. The first-order valence-corrected chi connectivity index (χ1v) is 15.2. The van der Waals surface area contributed by atoms with Gasteiger partial charge < -0.3 is 4.42 Å². The molecule has 0 fully saturated rings. The lowest BCUT2D eigenvalue weighted by Crippen LogP contribution is -2.00. The van der Waals surface area contributed by atoms with Crippen LogP contribution in [0.2, 0.25) is 0 Å². The van der Waals surface area contributed by atoms with E-state index in [4.69, 9.17) is 24.4 Å². The molecule has 0 unspecified atom stereocenters. The highest BCUT2D eigenvalue weighted by Crippen LogP contribution is 2.43. The fourth-order valence-electron chi connectivity index (χ4n) is 5.84. The van der Waals surface area contributed by atoms with Crippen LogP contribution in [0.5, 0.6) is 0 Å². The van der Waals surface area contributed by atoms with Gasteiger partial charge in [-0.15, -0.1) is 11.3 Å². The summed E-state index contributed by atoms with van der Waals surface area (Å²) in [5.41, 5.74) is 5.43. The van der Waals surface area contributed by atoms with Crippen molar-refractivity contribution in [1.82, 2.24) is 19.9 Å². The van der Waals surface area contributed by atoms with Gasteiger partial charge in [-0.2, -0.15) is 0 Å². The minimum Gasteiger partial charge on any atom is -0.435 e. The van der Waals surface area contributed by atoms with Crippen molar-refractivity contribution < 1.29 is 4.42 Å². The van der Waals surface area contributed by atoms with E-state index >= 15 is 0 Å². The molecule has 0 aliphatic rings. The number of hydrogen-bond donors (Lipinski definition) is 0. The zero-order chi connectivity index (χ0) is 29.0. The number of oxazole rings is 1. The summed E-state index contributed by atoms with van der Waals surface area (Å²) in [5, 5.41) is 4.49. The molecule has 0 saturated heterocycles. The molecule has 3 heterocycles. The second-order valence-corrected chi connectivity index (χ2v) is 11.8. The van der Waals surface area contributed by atoms with Crippen LogP contribution in [0, 0.1) is 0 Å². The summed E-state index contributed by atoms with van der Waals surface area (Å²) in [5.74, 6) is 2.55. The van der Waals surface area contributed by atoms with Gasteiger partial charge in [-0.1, -0.05) is 91.0 Å². The summed E-state index contributed by atoms with van der Waals surface area (Å²) in [6.07, 6.45) is 0. The first kappa shape index (κ1) is 24.8. The lowest BCUT2D eigenvalue weighted by atomic mass is 10.0. The van der Waals surface area contributed by atoms with Gasteiger partial charge in [-0.05, 0) is 47.9 Å². The van der Waals surface area contributed by atoms with Gasteiger partial charge in [-0.25, -0.2) is 19.9 Å². The van der Waals surface area contributed by atoms with E-state index in [-0.39, 0.29) is 0 Å². The monoisotopic (exact) mass is 582 g/mol. The Morgan fingerprint density at radius 3 is 1.68 bits per heavy atom. The van der Waals surface area contributed by atoms with Crippen LogP contribution >= 0.6 is 11.3 Å². The number of thiophene rings is 1. The van der Waals surface area contributed by atoms with Gasteiger partial charge in [-0.3, -0.25) is 0 Å². The Morgan fingerprint density at radius 2 is 1.02 bits per heavy atom. The Balaban J connectivity index is 1.29. The average Bonchev–Trinajstić information content (AvgIpc) is 3.71. The fraction of sp³-hybridized carbons (Fsp3) is 0. The summed E-state index contributed by atoms with van der Waals surface area (Å²) in [4.78, 5) is 19.7. The highest BCUT2D eigenvalue weighted by atomic mass is 32.1. The van der Waals surface area contributed by atoms with Crippen LogP contribution in [0.3, 0.4) is 0 Å². The average molecular weight is 583 g/mol. The zero-order valence-corrected chi connectivity index (χ0v) is 24.1. The van der Waals surface area contributed by atoms with Crippen molar-refractivity contribution in [3.8, 4) is 45.6 Å². The van der Waals surface area contributed by atoms with Crippen LogP contribution < -0.4 is 0 Å². The Labute approximate surface area is 256 Å². The van der Waals surface area contributed by atoms with E-state index in [2.05, 4.69) is 36.4 Å². The highest BCUT2D eigenvalue weighted by molar-refractivity contribution is 7.26. The van der Waals surface area contributed by atoms with Crippen LogP contribution in [-0.2, 0) is 0 Å². The molecule has 9 rings (SSSR count). The molecular formula is C38H22N4OS. The van der Waals surface area contributed by atoms with Gasteiger partial charge in [0.25, 0.3) is 0 Å². The molecule has 0 atom stereocenters. The molecule has 0 bridgehead atoms. The molecule has 5 nitrogen and oxygen atoms in total. The van der Waals surface area contributed by atoms with Crippen LogP contribution in [0.1, 0.15) is 0 Å². The number of rotatable bonds is 4. The lowest BCUT2D eigenvalue weighted by Gasteiger charge is -2.08. The summed E-state index contributed by atoms with van der Waals surface area (Å²) in [7, 11) is 0. The van der Waals surface area contributed by atoms with Crippen molar-refractivity contribution in [2.75, 3.05) is 0 Å². The highest BCUT2D eigenvalue weighted by Gasteiger charge is 2.18. The second kappa shape index (κ2) is 9.93. The second-order valence-electron chi connectivity index (χ2n) is 10.7. The maximum atomic E-state index is 6.50. The predicted molar refractivity (Wildman–Crippen MR) is 180 cm³/mol. The first-order chi connectivity index (χ1) is 21.8. The quantitative estimate of drug-likeness (QED) is 0.207. The van der Waals surface area contributed by atoms with Crippen molar-refractivity contribution in [1.29, 1.82) is 0 Å². The SMILES string of the molecule is c1ccc(-c2nc(-c3ccccc3)nc(-c3ccc4sc5ccc6ccc7nc(-c8ccccc8)oc7c6c5c4c3)n2)cc1. The predicted octanol–water partition coefficient (Wildman–Crippen LogP) is 10.2. The Bertz CT molecular complexity index is 2430. The van der Waals surface area contributed by atoms with E-state index in [1.54, 1.807) is 11.3 Å². The molecule has 0 N–H and O–H groups in total. The van der Waals surface area contributed by atoms with Crippen LogP contribution in [0.25, 0.3) is 87.7 Å². The number of benzene rings is 6. The molecule has 0 saturated carbocycles. The molecule has 0 aliphatic carbocycles. The van der Waals surface area contributed by atoms with Gasteiger partial charge in [0, 0.05) is 47.8 Å². The Kier molecular flexibility index (Phi) is 5.61. The van der Waals surface area contributed by atoms with Crippen molar-refractivity contribution in [2.24, 2.45) is 0 Å². The normalized spacial score (nSPS) is 11.6. The van der Waals surface area contributed by atoms with Gasteiger partial charge in [0.15, 0.2) is 23.1 Å². The van der Waals surface area contributed by atoms with E-state index in [1.165, 1.54) is 9.40 Å². The number of aromatic nitrogens is 4. The minimum atomic E-state index is 0.623. The van der Waals surface area contributed by atoms with Crippen LogP contribution in [0.4, 0.5) is 0 Å². The van der Waals surface area contributed by atoms with Gasteiger partial charge in [0.2, 0.25) is 5.89 Å². The first-order valence-electron chi connectivity index (χ1n) is 14.4. The number of hydrogen-bond acceptors (Lipinski definition) is 6. The minimum absolute atomic E-state index is 0.623. The topological polar surface area (TPSA) is 64.7 Å². The molecule has 6 aromatic carbocycles.